The Labute approximate surface area is 112 Å². The van der Waals surface area contributed by atoms with E-state index in [1.54, 1.807) is 0 Å². The molecule has 1 aromatic heterocycles. The van der Waals surface area contributed by atoms with E-state index in [-0.39, 0.29) is 0 Å². The van der Waals surface area contributed by atoms with Crippen LogP contribution in [0.3, 0.4) is 0 Å². The molecule has 1 heterocycles. The molecule has 0 aliphatic carbocycles. The molecule has 1 unspecified atom stereocenters. The normalized spacial score (nSPS) is 13.5. The Hall–Kier alpha value is -0.800. The molecule has 2 aromatic rings. The lowest BCUT2D eigenvalue weighted by atomic mass is 9.98. The fourth-order valence-corrected chi connectivity index (χ4v) is 2.27. The van der Waals surface area contributed by atoms with Crippen molar-refractivity contribution in [1.82, 2.24) is 9.55 Å². The highest BCUT2D eigenvalue weighted by Gasteiger charge is 2.11. The number of benzene rings is 1. The molecular weight excluding hydrogens is 252 g/mol. The first-order valence-electron chi connectivity index (χ1n) is 5.87. The van der Waals surface area contributed by atoms with Crippen LogP contribution in [0.2, 0.25) is 5.02 Å². The Morgan fingerprint density at radius 3 is 2.71 bits per heavy atom. The maximum atomic E-state index is 5.97. The van der Waals surface area contributed by atoms with Crippen molar-refractivity contribution >= 4 is 34.9 Å². The van der Waals surface area contributed by atoms with Crippen LogP contribution in [0.25, 0.3) is 11.0 Å². The third kappa shape index (κ3) is 2.55. The third-order valence-electron chi connectivity index (χ3n) is 3.34. The number of fused-ring (bicyclic) bond motifs is 1. The molecule has 0 saturated heterocycles. The van der Waals surface area contributed by atoms with Crippen LogP contribution in [0.5, 0.6) is 0 Å². The summed E-state index contributed by atoms with van der Waals surface area (Å²) in [6.45, 7) is 7.67. The number of hydrogen-bond acceptors (Lipinski definition) is 1. The number of nitrogens with zero attached hydrogens (tertiary/aromatic N) is 1. The van der Waals surface area contributed by atoms with Crippen LogP contribution in [0, 0.1) is 16.6 Å². The monoisotopic (exact) mass is 268 g/mol. The molecule has 17 heavy (non-hydrogen) atoms. The van der Waals surface area contributed by atoms with Crippen LogP contribution in [0.15, 0.2) is 18.2 Å². The van der Waals surface area contributed by atoms with Gasteiger partial charge in [0.1, 0.15) is 0 Å². The van der Waals surface area contributed by atoms with Crippen molar-refractivity contribution in [2.75, 3.05) is 0 Å². The van der Waals surface area contributed by atoms with Crippen LogP contribution in [-0.4, -0.2) is 9.55 Å². The van der Waals surface area contributed by atoms with Gasteiger partial charge in [0.25, 0.3) is 0 Å². The number of imidazole rings is 1. The maximum absolute atomic E-state index is 5.97. The molecule has 1 aromatic carbocycles. The second-order valence-corrected chi connectivity index (χ2v) is 5.75. The van der Waals surface area contributed by atoms with Crippen molar-refractivity contribution in [3.8, 4) is 0 Å². The van der Waals surface area contributed by atoms with Gasteiger partial charge in [-0.3, -0.25) is 0 Å². The summed E-state index contributed by atoms with van der Waals surface area (Å²) >= 11 is 11.3. The molecule has 0 fully saturated rings. The van der Waals surface area contributed by atoms with E-state index in [4.69, 9.17) is 23.8 Å². The molecule has 0 bridgehead atoms. The molecule has 0 saturated carbocycles. The quantitative estimate of drug-likeness (QED) is 0.804. The number of rotatable bonds is 3. The van der Waals surface area contributed by atoms with Gasteiger partial charge in [-0.25, -0.2) is 0 Å². The van der Waals surface area contributed by atoms with Crippen LogP contribution < -0.4 is 0 Å². The first kappa shape index (κ1) is 12.7. The van der Waals surface area contributed by atoms with E-state index in [1.165, 1.54) is 0 Å². The topological polar surface area (TPSA) is 20.7 Å². The maximum Gasteiger partial charge on any atom is 0.178 e. The van der Waals surface area contributed by atoms with E-state index >= 15 is 0 Å². The SMILES string of the molecule is CC(C)C(C)Cn1c(=S)[nH]c2cc(Cl)ccc21. The second kappa shape index (κ2) is 4.83. The third-order valence-corrected chi connectivity index (χ3v) is 3.90. The van der Waals surface area contributed by atoms with Crippen LogP contribution in [-0.2, 0) is 6.54 Å². The largest absolute Gasteiger partial charge is 0.331 e. The summed E-state index contributed by atoms with van der Waals surface area (Å²) in [4.78, 5) is 3.21. The van der Waals surface area contributed by atoms with Crippen molar-refractivity contribution < 1.29 is 0 Å². The molecule has 4 heteroatoms. The number of nitrogens with one attached hydrogen (secondary N) is 1. The van der Waals surface area contributed by atoms with Crippen molar-refractivity contribution in [2.24, 2.45) is 11.8 Å². The van der Waals surface area contributed by atoms with E-state index in [1.807, 2.05) is 18.2 Å². The van der Waals surface area contributed by atoms with Crippen LogP contribution in [0.1, 0.15) is 20.8 Å². The fraction of sp³-hybridized carbons (Fsp3) is 0.462. The average Bonchev–Trinajstić information content (AvgIpc) is 2.54. The number of H-pyrrole nitrogens is 1. The van der Waals surface area contributed by atoms with E-state index in [0.29, 0.717) is 11.8 Å². The minimum absolute atomic E-state index is 0.594. The minimum atomic E-state index is 0.594. The molecule has 0 radical (unpaired) electrons. The zero-order valence-electron chi connectivity index (χ0n) is 10.3. The molecule has 2 nitrogen and oxygen atoms in total. The number of aromatic amines is 1. The van der Waals surface area contributed by atoms with E-state index in [2.05, 4.69) is 30.3 Å². The van der Waals surface area contributed by atoms with Gasteiger partial charge in [-0.1, -0.05) is 32.4 Å². The summed E-state index contributed by atoms with van der Waals surface area (Å²) in [6.07, 6.45) is 0. The highest BCUT2D eigenvalue weighted by atomic mass is 35.5. The van der Waals surface area contributed by atoms with Gasteiger partial charge in [0.2, 0.25) is 0 Å². The molecule has 2 rings (SSSR count). The Morgan fingerprint density at radius 1 is 1.35 bits per heavy atom. The standard InChI is InChI=1S/C13H17ClN2S/c1-8(2)9(3)7-16-12-5-4-10(14)6-11(12)15-13(16)17/h4-6,8-9H,7H2,1-3H3,(H,15,17). The van der Waals surface area contributed by atoms with E-state index in [9.17, 15) is 0 Å². The lowest BCUT2D eigenvalue weighted by Gasteiger charge is -2.16. The van der Waals surface area contributed by atoms with Gasteiger partial charge in [0, 0.05) is 11.6 Å². The fourth-order valence-electron chi connectivity index (χ4n) is 1.82. The Kier molecular flexibility index (Phi) is 3.59. The summed E-state index contributed by atoms with van der Waals surface area (Å²) in [5.74, 6) is 1.24. The number of halogens is 1. The van der Waals surface area contributed by atoms with Crippen molar-refractivity contribution in [2.45, 2.75) is 27.3 Å². The van der Waals surface area contributed by atoms with Crippen molar-refractivity contribution in [3.05, 3.63) is 28.0 Å². The van der Waals surface area contributed by atoms with Gasteiger partial charge in [-0.2, -0.15) is 0 Å². The molecule has 1 N–H and O–H groups in total. The Morgan fingerprint density at radius 2 is 2.06 bits per heavy atom. The predicted molar refractivity (Wildman–Crippen MR) is 76.1 cm³/mol. The van der Waals surface area contributed by atoms with Crippen molar-refractivity contribution in [3.63, 3.8) is 0 Å². The van der Waals surface area contributed by atoms with E-state index < -0.39 is 0 Å². The summed E-state index contributed by atoms with van der Waals surface area (Å²) < 4.78 is 2.93. The zero-order valence-corrected chi connectivity index (χ0v) is 11.9. The summed E-state index contributed by atoms with van der Waals surface area (Å²) in [6, 6.07) is 5.85. The Bertz CT molecular complexity index is 583. The first-order valence-corrected chi connectivity index (χ1v) is 6.65. The molecule has 0 aliphatic heterocycles. The summed E-state index contributed by atoms with van der Waals surface area (Å²) in [7, 11) is 0. The average molecular weight is 269 g/mol. The highest BCUT2D eigenvalue weighted by Crippen LogP contribution is 2.21. The predicted octanol–water partition coefficient (Wildman–Crippen LogP) is 4.64. The molecule has 0 amide bonds. The van der Waals surface area contributed by atoms with Gasteiger partial charge < -0.3 is 9.55 Å². The smallest absolute Gasteiger partial charge is 0.178 e. The Balaban J connectivity index is 2.47. The first-order chi connectivity index (χ1) is 7.99. The van der Waals surface area contributed by atoms with Gasteiger partial charge in [0.05, 0.1) is 11.0 Å². The van der Waals surface area contributed by atoms with E-state index in [0.717, 1.165) is 27.4 Å². The van der Waals surface area contributed by atoms with Crippen LogP contribution in [0.4, 0.5) is 0 Å². The van der Waals surface area contributed by atoms with Gasteiger partial charge >= 0.3 is 0 Å². The van der Waals surface area contributed by atoms with Crippen LogP contribution >= 0.6 is 23.8 Å². The van der Waals surface area contributed by atoms with Gasteiger partial charge in [-0.05, 0) is 42.3 Å². The molecule has 92 valence electrons. The summed E-state index contributed by atoms with van der Waals surface area (Å²) in [5, 5.41) is 0.734. The second-order valence-electron chi connectivity index (χ2n) is 4.92. The number of hydrogen-bond donors (Lipinski definition) is 1. The zero-order chi connectivity index (χ0) is 12.6. The highest BCUT2D eigenvalue weighted by molar-refractivity contribution is 7.71. The minimum Gasteiger partial charge on any atom is -0.331 e. The lowest BCUT2D eigenvalue weighted by Crippen LogP contribution is -2.13. The molecule has 0 spiro atoms. The van der Waals surface area contributed by atoms with Gasteiger partial charge in [0.15, 0.2) is 4.77 Å². The number of aromatic nitrogens is 2. The van der Waals surface area contributed by atoms with Gasteiger partial charge in [-0.15, -0.1) is 0 Å². The molecule has 1 atom stereocenters. The molecular formula is C13H17ClN2S. The molecule has 0 aliphatic rings. The lowest BCUT2D eigenvalue weighted by molar-refractivity contribution is 0.367. The summed E-state index contributed by atoms with van der Waals surface area (Å²) in [5.41, 5.74) is 2.14. The van der Waals surface area contributed by atoms with Crippen molar-refractivity contribution in [1.29, 1.82) is 0 Å².